The quantitative estimate of drug-likeness (QED) is 0.693. The molecule has 1 N–H and O–H groups in total. The van der Waals surface area contributed by atoms with Crippen molar-refractivity contribution in [1.82, 2.24) is 15.1 Å². The van der Waals surface area contributed by atoms with Crippen molar-refractivity contribution >= 4 is 0 Å². The van der Waals surface area contributed by atoms with Crippen molar-refractivity contribution in [3.05, 3.63) is 17.5 Å². The van der Waals surface area contributed by atoms with Gasteiger partial charge in [-0.15, -0.1) is 0 Å². The molecule has 0 aliphatic carbocycles. The third-order valence-corrected chi connectivity index (χ3v) is 1.78. The van der Waals surface area contributed by atoms with E-state index in [0.717, 1.165) is 11.3 Å². The average Bonchev–Trinajstić information content (AvgIpc) is 2.34. The Balaban J connectivity index is 3.02. The van der Waals surface area contributed by atoms with Crippen molar-refractivity contribution in [3.63, 3.8) is 0 Å². The van der Waals surface area contributed by atoms with E-state index in [9.17, 15) is 0 Å². The second-order valence-corrected chi connectivity index (χ2v) is 2.69. The van der Waals surface area contributed by atoms with Gasteiger partial charge in [0.05, 0.1) is 11.8 Å². The van der Waals surface area contributed by atoms with Gasteiger partial charge in [-0.25, -0.2) is 0 Å². The smallest absolute Gasteiger partial charge is 0.124 e. The summed E-state index contributed by atoms with van der Waals surface area (Å²) in [5, 5.41) is 15.8. The topological polar surface area (TPSA) is 53.6 Å². The molecular formula is C8H12N4. The van der Waals surface area contributed by atoms with Gasteiger partial charge in [0.15, 0.2) is 0 Å². The first-order chi connectivity index (χ1) is 5.69. The molecule has 12 heavy (non-hydrogen) atoms. The Hall–Kier alpha value is -1.34. The minimum Gasteiger partial charge on any atom is -0.301 e. The van der Waals surface area contributed by atoms with E-state index in [1.54, 1.807) is 11.7 Å². The summed E-state index contributed by atoms with van der Waals surface area (Å²) >= 11 is 0. The lowest BCUT2D eigenvalue weighted by Crippen LogP contribution is -2.14. The fourth-order valence-corrected chi connectivity index (χ4v) is 1.19. The van der Waals surface area contributed by atoms with E-state index in [2.05, 4.69) is 16.5 Å². The summed E-state index contributed by atoms with van der Waals surface area (Å²) in [5.41, 5.74) is 1.85. The third-order valence-electron chi connectivity index (χ3n) is 1.78. The van der Waals surface area contributed by atoms with Crippen molar-refractivity contribution in [2.45, 2.75) is 13.0 Å². The SMILES string of the molecule is CNC(C#N)c1cn(C)nc1C. The van der Waals surface area contributed by atoms with Crippen molar-refractivity contribution in [3.8, 4) is 6.07 Å². The first kappa shape index (κ1) is 8.75. The number of hydrogen-bond acceptors (Lipinski definition) is 3. The Morgan fingerprint density at radius 1 is 1.75 bits per heavy atom. The number of aryl methyl sites for hydroxylation is 2. The summed E-state index contributed by atoms with van der Waals surface area (Å²) in [4.78, 5) is 0. The number of hydrogen-bond donors (Lipinski definition) is 1. The van der Waals surface area contributed by atoms with Gasteiger partial charge >= 0.3 is 0 Å². The van der Waals surface area contributed by atoms with E-state index in [4.69, 9.17) is 5.26 Å². The number of nitrogens with zero attached hydrogens (tertiary/aromatic N) is 3. The predicted octanol–water partition coefficient (Wildman–Crippen LogP) is 0.513. The van der Waals surface area contributed by atoms with E-state index >= 15 is 0 Å². The van der Waals surface area contributed by atoms with Crippen molar-refractivity contribution in [2.24, 2.45) is 7.05 Å². The predicted molar refractivity (Wildman–Crippen MR) is 45.4 cm³/mol. The minimum absolute atomic E-state index is 0.251. The largest absolute Gasteiger partial charge is 0.301 e. The van der Waals surface area contributed by atoms with Crippen LogP contribution in [0.25, 0.3) is 0 Å². The molecule has 0 spiro atoms. The van der Waals surface area contributed by atoms with Gasteiger partial charge < -0.3 is 5.32 Å². The van der Waals surface area contributed by atoms with Crippen LogP contribution in [0.1, 0.15) is 17.3 Å². The standard InChI is InChI=1S/C8H12N4/c1-6-7(5-12(3)11-6)8(4-9)10-2/h5,8,10H,1-3H3. The molecule has 0 bridgehead atoms. The number of rotatable bonds is 2. The van der Waals surface area contributed by atoms with Crippen molar-refractivity contribution in [2.75, 3.05) is 7.05 Å². The third kappa shape index (κ3) is 1.46. The molecule has 0 aliphatic heterocycles. The molecular weight excluding hydrogens is 152 g/mol. The fourth-order valence-electron chi connectivity index (χ4n) is 1.19. The highest BCUT2D eigenvalue weighted by molar-refractivity contribution is 5.24. The first-order valence-electron chi connectivity index (χ1n) is 3.76. The highest BCUT2D eigenvalue weighted by atomic mass is 15.3. The molecule has 1 rings (SSSR count). The molecule has 1 heterocycles. The van der Waals surface area contributed by atoms with E-state index < -0.39 is 0 Å². The van der Waals surface area contributed by atoms with Crippen LogP contribution in [-0.4, -0.2) is 16.8 Å². The summed E-state index contributed by atoms with van der Waals surface area (Å²) in [6, 6.07) is 1.91. The molecule has 64 valence electrons. The molecule has 0 saturated heterocycles. The molecule has 0 saturated carbocycles. The lowest BCUT2D eigenvalue weighted by molar-refractivity contribution is 0.721. The van der Waals surface area contributed by atoms with E-state index in [1.807, 2.05) is 20.2 Å². The molecule has 1 atom stereocenters. The van der Waals surface area contributed by atoms with Crippen molar-refractivity contribution in [1.29, 1.82) is 5.26 Å². The van der Waals surface area contributed by atoms with Gasteiger partial charge in [-0.3, -0.25) is 4.68 Å². The van der Waals surface area contributed by atoms with Gasteiger partial charge in [0.1, 0.15) is 6.04 Å². The van der Waals surface area contributed by atoms with Crippen molar-refractivity contribution < 1.29 is 0 Å². The Bertz CT molecular complexity index is 307. The summed E-state index contributed by atoms with van der Waals surface area (Å²) in [6.45, 7) is 1.90. The second-order valence-electron chi connectivity index (χ2n) is 2.69. The van der Waals surface area contributed by atoms with E-state index in [1.165, 1.54) is 0 Å². The molecule has 4 heteroatoms. The molecule has 0 aliphatic rings. The van der Waals surface area contributed by atoms with E-state index in [0.29, 0.717) is 0 Å². The van der Waals surface area contributed by atoms with Gasteiger partial charge in [0.2, 0.25) is 0 Å². The monoisotopic (exact) mass is 164 g/mol. The zero-order valence-corrected chi connectivity index (χ0v) is 7.50. The van der Waals surface area contributed by atoms with Gasteiger partial charge in [-0.05, 0) is 14.0 Å². The average molecular weight is 164 g/mol. The molecule has 1 aromatic rings. The van der Waals surface area contributed by atoms with E-state index in [-0.39, 0.29) is 6.04 Å². The minimum atomic E-state index is -0.251. The molecule has 4 nitrogen and oxygen atoms in total. The Labute approximate surface area is 71.8 Å². The molecule has 0 fully saturated rings. The van der Waals surface area contributed by atoms with Gasteiger partial charge in [0, 0.05) is 18.8 Å². The van der Waals surface area contributed by atoms with Crippen LogP contribution in [0, 0.1) is 18.3 Å². The zero-order valence-electron chi connectivity index (χ0n) is 7.50. The van der Waals surface area contributed by atoms with Crippen LogP contribution in [0.4, 0.5) is 0 Å². The molecule has 0 aromatic carbocycles. The Morgan fingerprint density at radius 2 is 2.42 bits per heavy atom. The van der Waals surface area contributed by atoms with Crippen LogP contribution in [-0.2, 0) is 7.05 Å². The zero-order chi connectivity index (χ0) is 9.14. The van der Waals surface area contributed by atoms with Crippen LogP contribution in [0.3, 0.4) is 0 Å². The lowest BCUT2D eigenvalue weighted by Gasteiger charge is -2.04. The molecule has 1 aromatic heterocycles. The summed E-state index contributed by atoms with van der Waals surface area (Å²) in [6.07, 6.45) is 1.86. The van der Waals surface area contributed by atoms with Gasteiger partial charge in [-0.2, -0.15) is 10.4 Å². The number of nitrogens with one attached hydrogen (secondary N) is 1. The fraction of sp³-hybridized carbons (Fsp3) is 0.500. The lowest BCUT2D eigenvalue weighted by atomic mass is 10.1. The Morgan fingerprint density at radius 3 is 2.75 bits per heavy atom. The maximum Gasteiger partial charge on any atom is 0.124 e. The number of aromatic nitrogens is 2. The maximum absolute atomic E-state index is 8.76. The Kier molecular flexibility index (Phi) is 2.46. The van der Waals surface area contributed by atoms with Crippen LogP contribution >= 0.6 is 0 Å². The van der Waals surface area contributed by atoms with Gasteiger partial charge in [-0.1, -0.05) is 0 Å². The van der Waals surface area contributed by atoms with Crippen LogP contribution in [0.2, 0.25) is 0 Å². The van der Waals surface area contributed by atoms with Crippen LogP contribution < -0.4 is 5.32 Å². The highest BCUT2D eigenvalue weighted by Gasteiger charge is 2.12. The van der Waals surface area contributed by atoms with Gasteiger partial charge in [0.25, 0.3) is 0 Å². The molecule has 0 radical (unpaired) electrons. The number of nitriles is 1. The first-order valence-corrected chi connectivity index (χ1v) is 3.76. The van der Waals surface area contributed by atoms with Crippen LogP contribution in [0.5, 0.6) is 0 Å². The second kappa shape index (κ2) is 3.37. The summed E-state index contributed by atoms with van der Waals surface area (Å²) < 4.78 is 1.71. The summed E-state index contributed by atoms with van der Waals surface area (Å²) in [5.74, 6) is 0. The molecule has 0 amide bonds. The maximum atomic E-state index is 8.76. The highest BCUT2D eigenvalue weighted by Crippen LogP contribution is 2.14. The summed E-state index contributed by atoms with van der Waals surface area (Å²) in [7, 11) is 3.61. The van der Waals surface area contributed by atoms with Crippen LogP contribution in [0.15, 0.2) is 6.20 Å². The molecule has 1 unspecified atom stereocenters. The normalized spacial score (nSPS) is 12.5.